The van der Waals surface area contributed by atoms with E-state index in [2.05, 4.69) is 0 Å². The number of rotatable bonds is 5. The van der Waals surface area contributed by atoms with E-state index in [0.29, 0.717) is 0 Å². The summed E-state index contributed by atoms with van der Waals surface area (Å²) < 4.78 is 37.1. The van der Waals surface area contributed by atoms with Gasteiger partial charge in [0, 0.05) is 12.4 Å². The first kappa shape index (κ1) is 16.6. The average Bonchev–Trinajstić information content (AvgIpc) is 2.12. The molecule has 0 saturated carbocycles. The molecule has 0 N–H and O–H groups in total. The van der Waals surface area contributed by atoms with Crippen molar-refractivity contribution in [2.75, 3.05) is 19.0 Å². The molecule has 1 amide bonds. The number of nitrogens with zero attached hydrogens (tertiary/aromatic N) is 1. The summed E-state index contributed by atoms with van der Waals surface area (Å²) in [6.07, 6.45) is -4.38. The van der Waals surface area contributed by atoms with Crippen molar-refractivity contribution >= 4 is 17.5 Å². The van der Waals surface area contributed by atoms with Gasteiger partial charge in [0.05, 0.1) is 5.41 Å². The Morgan fingerprint density at radius 3 is 2.06 bits per heavy atom. The number of halogens is 4. The SMILES string of the molecule is CC(C)CN(CC(F)(F)F)C(=O)C(C)(C)CCl. The minimum Gasteiger partial charge on any atom is -0.333 e. The lowest BCUT2D eigenvalue weighted by Gasteiger charge is -2.32. The Bertz CT molecular complexity index is 264. The first-order valence-electron chi connectivity index (χ1n) is 5.41. The maximum absolute atomic E-state index is 12.4. The van der Waals surface area contributed by atoms with Crippen LogP contribution in [0, 0.1) is 11.3 Å². The van der Waals surface area contributed by atoms with Gasteiger partial charge in [-0.3, -0.25) is 4.79 Å². The minimum absolute atomic E-state index is 0.00170. The Hall–Kier alpha value is -0.450. The van der Waals surface area contributed by atoms with Gasteiger partial charge >= 0.3 is 6.18 Å². The molecule has 0 bridgehead atoms. The highest BCUT2D eigenvalue weighted by molar-refractivity contribution is 6.19. The third kappa shape index (κ3) is 6.15. The number of hydrogen-bond acceptors (Lipinski definition) is 1. The van der Waals surface area contributed by atoms with Gasteiger partial charge in [0.15, 0.2) is 0 Å². The molecule has 0 atom stereocenters. The summed E-state index contributed by atoms with van der Waals surface area (Å²) in [6, 6.07) is 0. The lowest BCUT2D eigenvalue weighted by molar-refractivity contribution is -0.167. The van der Waals surface area contributed by atoms with Crippen LogP contribution in [0.15, 0.2) is 0 Å². The number of alkyl halides is 4. The average molecular weight is 274 g/mol. The second kappa shape index (κ2) is 5.94. The van der Waals surface area contributed by atoms with Crippen LogP contribution in [0.2, 0.25) is 0 Å². The molecule has 0 spiro atoms. The highest BCUT2D eigenvalue weighted by Crippen LogP contribution is 2.25. The lowest BCUT2D eigenvalue weighted by Crippen LogP contribution is -2.47. The molecule has 0 saturated heterocycles. The first-order chi connectivity index (χ1) is 7.49. The van der Waals surface area contributed by atoms with Gasteiger partial charge in [0.2, 0.25) is 5.91 Å². The molecule has 0 aliphatic carbocycles. The summed E-state index contributed by atoms with van der Waals surface area (Å²) in [6.45, 7) is 5.50. The van der Waals surface area contributed by atoms with E-state index in [1.165, 1.54) is 0 Å². The van der Waals surface area contributed by atoms with Crippen LogP contribution in [0.4, 0.5) is 13.2 Å². The van der Waals surface area contributed by atoms with Gasteiger partial charge in [-0.25, -0.2) is 0 Å². The monoisotopic (exact) mass is 273 g/mol. The Labute approximate surface area is 105 Å². The van der Waals surface area contributed by atoms with Crippen LogP contribution in [0.3, 0.4) is 0 Å². The van der Waals surface area contributed by atoms with Gasteiger partial charge in [0.1, 0.15) is 6.54 Å². The molecule has 0 aromatic carbocycles. The standard InChI is InChI=1S/C11H19ClF3NO/c1-8(2)5-16(7-11(13,14)15)9(17)10(3,4)6-12/h8H,5-7H2,1-4H3. The predicted octanol–water partition coefficient (Wildman–Crippen LogP) is 3.30. The second-order valence-electron chi connectivity index (χ2n) is 5.21. The minimum atomic E-state index is -4.38. The zero-order valence-electron chi connectivity index (χ0n) is 10.6. The number of carbonyl (C=O) groups excluding carboxylic acids is 1. The predicted molar refractivity (Wildman–Crippen MR) is 62.0 cm³/mol. The van der Waals surface area contributed by atoms with Crippen LogP contribution in [0.25, 0.3) is 0 Å². The molecule has 0 aliphatic heterocycles. The fourth-order valence-corrected chi connectivity index (χ4v) is 1.48. The first-order valence-corrected chi connectivity index (χ1v) is 5.95. The van der Waals surface area contributed by atoms with Crippen molar-refractivity contribution in [3.63, 3.8) is 0 Å². The maximum atomic E-state index is 12.4. The van der Waals surface area contributed by atoms with Crippen LogP contribution in [-0.4, -0.2) is 36.0 Å². The zero-order chi connectivity index (χ0) is 13.9. The van der Waals surface area contributed by atoms with Gasteiger partial charge in [-0.1, -0.05) is 13.8 Å². The Morgan fingerprint density at radius 2 is 1.76 bits per heavy atom. The Kier molecular flexibility index (Phi) is 5.78. The molecule has 0 rings (SSSR count). The molecule has 0 aromatic heterocycles. The zero-order valence-corrected chi connectivity index (χ0v) is 11.3. The van der Waals surface area contributed by atoms with Gasteiger partial charge < -0.3 is 4.90 Å². The number of hydrogen-bond donors (Lipinski definition) is 0. The van der Waals surface area contributed by atoms with Crippen molar-refractivity contribution in [2.24, 2.45) is 11.3 Å². The van der Waals surface area contributed by atoms with Crippen molar-refractivity contribution in [1.82, 2.24) is 4.90 Å². The van der Waals surface area contributed by atoms with Crippen molar-refractivity contribution in [1.29, 1.82) is 0 Å². The molecular weight excluding hydrogens is 255 g/mol. The normalized spacial score (nSPS) is 13.0. The topological polar surface area (TPSA) is 20.3 Å². The van der Waals surface area contributed by atoms with Crippen LogP contribution in [0.5, 0.6) is 0 Å². The van der Waals surface area contributed by atoms with Crippen LogP contribution >= 0.6 is 11.6 Å². The van der Waals surface area contributed by atoms with Crippen molar-refractivity contribution < 1.29 is 18.0 Å². The van der Waals surface area contributed by atoms with Gasteiger partial charge in [0.25, 0.3) is 0 Å². The van der Waals surface area contributed by atoms with Crippen molar-refractivity contribution in [3.8, 4) is 0 Å². The summed E-state index contributed by atoms with van der Waals surface area (Å²) in [4.78, 5) is 12.8. The second-order valence-corrected chi connectivity index (χ2v) is 5.48. The third-order valence-electron chi connectivity index (χ3n) is 2.16. The van der Waals surface area contributed by atoms with E-state index >= 15 is 0 Å². The van der Waals surface area contributed by atoms with E-state index in [1.54, 1.807) is 27.7 Å². The fraction of sp³-hybridized carbons (Fsp3) is 0.909. The molecule has 6 heteroatoms. The van der Waals surface area contributed by atoms with Crippen molar-refractivity contribution in [3.05, 3.63) is 0 Å². The molecular formula is C11H19ClF3NO. The lowest BCUT2D eigenvalue weighted by atomic mass is 9.94. The summed E-state index contributed by atoms with van der Waals surface area (Å²) in [5.41, 5.74) is -0.971. The summed E-state index contributed by atoms with van der Waals surface area (Å²) in [5.74, 6) is -0.580. The number of amides is 1. The van der Waals surface area contributed by atoms with E-state index in [0.717, 1.165) is 4.90 Å². The third-order valence-corrected chi connectivity index (χ3v) is 2.82. The van der Waals surface area contributed by atoms with Gasteiger partial charge in [-0.15, -0.1) is 11.6 Å². The van der Waals surface area contributed by atoms with E-state index in [1.807, 2.05) is 0 Å². The summed E-state index contributed by atoms with van der Waals surface area (Å²) in [5, 5.41) is 0. The Morgan fingerprint density at radius 1 is 1.29 bits per heavy atom. The van der Waals surface area contributed by atoms with E-state index in [4.69, 9.17) is 11.6 Å². The maximum Gasteiger partial charge on any atom is 0.406 e. The highest BCUT2D eigenvalue weighted by atomic mass is 35.5. The fourth-order valence-electron chi connectivity index (χ4n) is 1.36. The van der Waals surface area contributed by atoms with E-state index in [-0.39, 0.29) is 18.3 Å². The molecule has 102 valence electrons. The highest BCUT2D eigenvalue weighted by Gasteiger charge is 2.38. The van der Waals surface area contributed by atoms with E-state index < -0.39 is 24.0 Å². The number of carbonyl (C=O) groups is 1. The van der Waals surface area contributed by atoms with Crippen LogP contribution < -0.4 is 0 Å². The molecule has 0 radical (unpaired) electrons. The Balaban J connectivity index is 4.86. The van der Waals surface area contributed by atoms with Crippen LogP contribution in [-0.2, 0) is 4.79 Å². The molecule has 0 heterocycles. The molecule has 0 aromatic rings. The van der Waals surface area contributed by atoms with E-state index in [9.17, 15) is 18.0 Å². The smallest absolute Gasteiger partial charge is 0.333 e. The quantitative estimate of drug-likeness (QED) is 0.704. The molecule has 2 nitrogen and oxygen atoms in total. The van der Waals surface area contributed by atoms with Crippen LogP contribution in [0.1, 0.15) is 27.7 Å². The largest absolute Gasteiger partial charge is 0.406 e. The van der Waals surface area contributed by atoms with Gasteiger partial charge in [-0.2, -0.15) is 13.2 Å². The molecule has 0 aliphatic rings. The summed E-state index contributed by atoms with van der Waals surface area (Å²) >= 11 is 5.61. The molecule has 0 unspecified atom stereocenters. The van der Waals surface area contributed by atoms with Gasteiger partial charge in [-0.05, 0) is 19.8 Å². The molecule has 17 heavy (non-hydrogen) atoms. The van der Waals surface area contributed by atoms with Crippen molar-refractivity contribution in [2.45, 2.75) is 33.9 Å². The molecule has 0 fully saturated rings. The summed E-state index contributed by atoms with van der Waals surface area (Å²) in [7, 11) is 0.